The van der Waals surface area contributed by atoms with Gasteiger partial charge in [-0.1, -0.05) is 41.5 Å². The Bertz CT molecular complexity index is 196. The van der Waals surface area contributed by atoms with Crippen molar-refractivity contribution in [1.82, 2.24) is 16.0 Å². The summed E-state index contributed by atoms with van der Waals surface area (Å²) in [6.07, 6.45) is 7.47. The van der Waals surface area contributed by atoms with Gasteiger partial charge in [-0.05, 0) is 39.3 Å². The fraction of sp³-hybridized carbons (Fsp3) is 0.765. The molecule has 0 fully saturated rings. The first kappa shape index (κ1) is 25.9. The zero-order valence-electron chi connectivity index (χ0n) is 15.1. The van der Waals surface area contributed by atoms with Gasteiger partial charge in [-0.25, -0.2) is 0 Å². The van der Waals surface area contributed by atoms with Crippen molar-refractivity contribution in [1.29, 1.82) is 0 Å². The summed E-state index contributed by atoms with van der Waals surface area (Å²) in [4.78, 5) is 0. The molecular weight excluding hydrogens is 297 g/mol. The first-order valence-corrected chi connectivity index (χ1v) is 9.00. The van der Waals surface area contributed by atoms with E-state index < -0.39 is 0 Å². The average Bonchev–Trinajstić information content (AvgIpc) is 2.95. The SMILES string of the molecule is CCNCC.CCNCC.CCNCC.[V][C]1=CC=CC1. The fourth-order valence-electron chi connectivity index (χ4n) is 1.19. The van der Waals surface area contributed by atoms with Crippen LogP contribution in [0.15, 0.2) is 22.5 Å². The molecule has 0 saturated carbocycles. The predicted molar refractivity (Wildman–Crippen MR) is 94.5 cm³/mol. The van der Waals surface area contributed by atoms with Gasteiger partial charge in [0.2, 0.25) is 0 Å². The summed E-state index contributed by atoms with van der Waals surface area (Å²) in [5.74, 6) is 0. The third-order valence-electron chi connectivity index (χ3n) is 2.25. The number of allylic oxidation sites excluding steroid dienone is 4. The van der Waals surface area contributed by atoms with E-state index in [2.05, 4.69) is 93.1 Å². The molecule has 0 atom stereocenters. The predicted octanol–water partition coefficient (Wildman–Crippen LogP) is 3.22. The van der Waals surface area contributed by atoms with Crippen molar-refractivity contribution in [2.24, 2.45) is 0 Å². The third-order valence-corrected chi connectivity index (χ3v) is 2.77. The molecule has 3 nitrogen and oxygen atoms in total. The van der Waals surface area contributed by atoms with Gasteiger partial charge in [-0.3, -0.25) is 0 Å². The van der Waals surface area contributed by atoms with Crippen molar-refractivity contribution < 1.29 is 17.4 Å². The zero-order valence-corrected chi connectivity index (χ0v) is 16.5. The van der Waals surface area contributed by atoms with Crippen molar-refractivity contribution in [3.63, 3.8) is 0 Å². The van der Waals surface area contributed by atoms with E-state index in [1.54, 1.807) is 0 Å². The Labute approximate surface area is 143 Å². The normalized spacial score (nSPS) is 11.2. The average molecular weight is 335 g/mol. The fourth-order valence-corrected chi connectivity index (χ4v) is 1.48. The standard InChI is InChI=1S/C5H5.3C4H11N.V/c1-2-4-5-3-1;3*1-3-5-4-2;/h1-3H,4H2;3*5H,3-4H2,1-2H3;. The van der Waals surface area contributed by atoms with Gasteiger partial charge in [-0.15, -0.1) is 0 Å². The van der Waals surface area contributed by atoms with Gasteiger partial charge in [0.15, 0.2) is 0 Å². The molecule has 126 valence electrons. The molecule has 0 amide bonds. The van der Waals surface area contributed by atoms with Gasteiger partial charge >= 0.3 is 46.4 Å². The van der Waals surface area contributed by atoms with E-state index in [4.69, 9.17) is 0 Å². The van der Waals surface area contributed by atoms with E-state index in [0.717, 1.165) is 45.7 Å². The van der Waals surface area contributed by atoms with Crippen LogP contribution in [0.2, 0.25) is 0 Å². The molecule has 0 radical (unpaired) electrons. The summed E-state index contributed by atoms with van der Waals surface area (Å²) in [7, 11) is 0. The molecule has 0 unspecified atom stereocenters. The van der Waals surface area contributed by atoms with Gasteiger partial charge in [-0.2, -0.15) is 0 Å². The van der Waals surface area contributed by atoms with Crippen LogP contribution in [0.5, 0.6) is 0 Å². The summed E-state index contributed by atoms with van der Waals surface area (Å²) in [5, 5.41) is 9.33. The molecule has 3 N–H and O–H groups in total. The van der Waals surface area contributed by atoms with Crippen molar-refractivity contribution in [2.75, 3.05) is 39.3 Å². The number of hydrogen-bond acceptors (Lipinski definition) is 3. The number of nitrogens with one attached hydrogen (secondary N) is 3. The minimum atomic E-state index is 1.09. The Balaban J connectivity index is -0.000000207. The van der Waals surface area contributed by atoms with E-state index >= 15 is 0 Å². The molecule has 0 aromatic rings. The maximum absolute atomic E-state index is 3.11. The van der Waals surface area contributed by atoms with Crippen LogP contribution in [0, 0.1) is 0 Å². The Kier molecular flexibility index (Phi) is 34.7. The van der Waals surface area contributed by atoms with Gasteiger partial charge in [0.25, 0.3) is 0 Å². The van der Waals surface area contributed by atoms with Crippen LogP contribution < -0.4 is 16.0 Å². The summed E-state index contributed by atoms with van der Waals surface area (Å²) < 4.78 is 1.41. The number of rotatable bonds is 6. The third kappa shape index (κ3) is 38.3. The van der Waals surface area contributed by atoms with Gasteiger partial charge < -0.3 is 16.0 Å². The minimum absolute atomic E-state index is 1.09. The van der Waals surface area contributed by atoms with Gasteiger partial charge in [0.1, 0.15) is 0 Å². The molecule has 1 aliphatic rings. The quantitative estimate of drug-likeness (QED) is 0.697. The first-order chi connectivity index (χ1) is 10.1. The van der Waals surface area contributed by atoms with E-state index in [1.807, 2.05) is 0 Å². The molecule has 1 rings (SSSR count). The maximum atomic E-state index is 3.11. The van der Waals surface area contributed by atoms with E-state index in [9.17, 15) is 0 Å². The van der Waals surface area contributed by atoms with E-state index in [-0.39, 0.29) is 0 Å². The summed E-state index contributed by atoms with van der Waals surface area (Å²) in [6, 6.07) is 0. The topological polar surface area (TPSA) is 36.1 Å². The summed E-state index contributed by atoms with van der Waals surface area (Å²) >= 11 is 2.54. The molecule has 21 heavy (non-hydrogen) atoms. The van der Waals surface area contributed by atoms with Gasteiger partial charge in [0.05, 0.1) is 0 Å². The summed E-state index contributed by atoms with van der Waals surface area (Å²) in [5.41, 5.74) is 0. The molecule has 4 heteroatoms. The van der Waals surface area contributed by atoms with Crippen LogP contribution in [0.4, 0.5) is 0 Å². The Hall–Kier alpha value is -0.0556. The molecule has 0 saturated heterocycles. The van der Waals surface area contributed by atoms with Gasteiger partial charge in [0, 0.05) is 0 Å². The second kappa shape index (κ2) is 28.2. The van der Waals surface area contributed by atoms with E-state index in [1.165, 1.54) is 4.28 Å². The molecule has 0 spiro atoms. The van der Waals surface area contributed by atoms with Crippen LogP contribution in [0.1, 0.15) is 48.0 Å². The van der Waals surface area contributed by atoms with Crippen LogP contribution >= 0.6 is 0 Å². The van der Waals surface area contributed by atoms with Crippen molar-refractivity contribution in [3.05, 3.63) is 22.5 Å². The Morgan fingerprint density at radius 3 is 1.14 bits per heavy atom. The van der Waals surface area contributed by atoms with Crippen LogP contribution in [-0.4, -0.2) is 39.3 Å². The second-order valence-electron chi connectivity index (χ2n) is 4.16. The molecule has 0 bridgehead atoms. The van der Waals surface area contributed by atoms with E-state index in [0.29, 0.717) is 0 Å². The Morgan fingerprint density at radius 1 is 0.762 bits per heavy atom. The second-order valence-corrected chi connectivity index (χ2v) is 5.06. The summed E-state index contributed by atoms with van der Waals surface area (Å²) in [6.45, 7) is 19.2. The molecule has 0 heterocycles. The van der Waals surface area contributed by atoms with Crippen LogP contribution in [-0.2, 0) is 17.4 Å². The van der Waals surface area contributed by atoms with Crippen LogP contribution in [0.25, 0.3) is 0 Å². The van der Waals surface area contributed by atoms with Crippen molar-refractivity contribution in [3.8, 4) is 0 Å². The molecule has 1 aliphatic carbocycles. The van der Waals surface area contributed by atoms with Crippen molar-refractivity contribution >= 4 is 0 Å². The monoisotopic (exact) mass is 335 g/mol. The first-order valence-electron chi connectivity index (χ1n) is 8.30. The molecule has 0 aliphatic heterocycles. The molecular formula is C17H38N3V. The van der Waals surface area contributed by atoms with Crippen LogP contribution in [0.3, 0.4) is 0 Å². The van der Waals surface area contributed by atoms with Crippen molar-refractivity contribution in [2.45, 2.75) is 48.0 Å². The molecule has 0 aromatic heterocycles. The number of hydrogen-bond donors (Lipinski definition) is 3. The Morgan fingerprint density at radius 2 is 1.10 bits per heavy atom. The molecule has 0 aromatic carbocycles. The zero-order chi connectivity index (χ0) is 16.8.